The van der Waals surface area contributed by atoms with Crippen LogP contribution in [0.5, 0.6) is 0 Å². The van der Waals surface area contributed by atoms with Gasteiger partial charge in [-0.2, -0.15) is 0 Å². The predicted octanol–water partition coefficient (Wildman–Crippen LogP) is 8.54. The topological polar surface area (TPSA) is 0 Å². The van der Waals surface area contributed by atoms with Crippen LogP contribution >= 0.6 is 0 Å². The summed E-state index contributed by atoms with van der Waals surface area (Å²) in [5, 5.41) is 5.27. The van der Waals surface area contributed by atoms with Crippen LogP contribution in [0.2, 0.25) is 0 Å². The van der Waals surface area contributed by atoms with Crippen molar-refractivity contribution >= 4 is 21.5 Å². The molecule has 0 fully saturated rings. The molecule has 0 radical (unpaired) electrons. The van der Waals surface area contributed by atoms with E-state index in [-0.39, 0.29) is 0 Å². The van der Waals surface area contributed by atoms with Gasteiger partial charge in [-0.15, -0.1) is 0 Å². The van der Waals surface area contributed by atoms with Crippen LogP contribution in [-0.2, 0) is 0 Å². The summed E-state index contributed by atoms with van der Waals surface area (Å²) in [7, 11) is 0. The smallest absolute Gasteiger partial charge is 0.0211 e. The fraction of sp³-hybridized carbons (Fsp3) is 0.0323. The average molecular weight is 395 g/mol. The zero-order chi connectivity index (χ0) is 20.6. The van der Waals surface area contributed by atoms with Crippen LogP contribution in [0, 0.1) is 0 Å². The molecule has 0 saturated carbocycles. The van der Waals surface area contributed by atoms with E-state index in [1.807, 2.05) is 0 Å². The molecule has 5 aromatic rings. The summed E-state index contributed by atoms with van der Waals surface area (Å²) in [5.41, 5.74) is 6.54. The summed E-state index contributed by atoms with van der Waals surface area (Å²) >= 11 is 0. The second kappa shape index (κ2) is 7.41. The zero-order valence-corrected chi connectivity index (χ0v) is 17.2. The SMILES string of the molecule is C1=CC(c2cccc3c(-c4ccccc4)c4ccccc4c(-c4ccccc4)c23)C=C1. The molecule has 0 unspecified atom stereocenters. The quantitative estimate of drug-likeness (QED) is 0.269. The highest BCUT2D eigenvalue weighted by Gasteiger charge is 2.20. The van der Waals surface area contributed by atoms with E-state index in [0.717, 1.165) is 0 Å². The third kappa shape index (κ3) is 2.92. The molecule has 0 heterocycles. The summed E-state index contributed by atoms with van der Waals surface area (Å²) in [5.74, 6) is 0.302. The van der Waals surface area contributed by atoms with Crippen LogP contribution in [-0.4, -0.2) is 0 Å². The molecular formula is C31H22. The summed E-state index contributed by atoms with van der Waals surface area (Å²) < 4.78 is 0. The standard InChI is InChI=1S/C31H22/c1-3-14-23(15-4-1)29-26-18-9-10-19-27(26)30(24-16-5-2-6-17-24)31-25(20-11-21-28(29)31)22-12-7-8-13-22/h1-22H. The highest BCUT2D eigenvalue weighted by molar-refractivity contribution is 6.22. The van der Waals surface area contributed by atoms with Crippen molar-refractivity contribution in [2.45, 2.75) is 5.92 Å². The first-order chi connectivity index (χ1) is 15.4. The van der Waals surface area contributed by atoms with Gasteiger partial charge in [0.15, 0.2) is 0 Å². The van der Waals surface area contributed by atoms with Crippen molar-refractivity contribution < 1.29 is 0 Å². The Bertz CT molecular complexity index is 1440. The molecule has 0 spiro atoms. The Morgan fingerprint density at radius 2 is 0.935 bits per heavy atom. The van der Waals surface area contributed by atoms with Crippen molar-refractivity contribution in [3.63, 3.8) is 0 Å². The maximum absolute atomic E-state index is 2.29. The Morgan fingerprint density at radius 1 is 0.419 bits per heavy atom. The van der Waals surface area contributed by atoms with Crippen molar-refractivity contribution in [2.75, 3.05) is 0 Å². The van der Waals surface area contributed by atoms with E-state index in [9.17, 15) is 0 Å². The normalized spacial score (nSPS) is 13.4. The molecule has 0 aromatic heterocycles. The van der Waals surface area contributed by atoms with Gasteiger partial charge in [-0.1, -0.05) is 127 Å². The Labute approximate surface area is 182 Å². The van der Waals surface area contributed by atoms with Crippen molar-refractivity contribution in [3.8, 4) is 22.3 Å². The second-order valence-electron chi connectivity index (χ2n) is 8.09. The highest BCUT2D eigenvalue weighted by Crippen LogP contribution is 2.46. The lowest BCUT2D eigenvalue weighted by Gasteiger charge is -2.21. The summed E-state index contributed by atoms with van der Waals surface area (Å²) in [6.07, 6.45) is 8.90. The maximum Gasteiger partial charge on any atom is 0.0211 e. The molecule has 0 bridgehead atoms. The van der Waals surface area contributed by atoms with Crippen LogP contribution in [0.25, 0.3) is 43.8 Å². The highest BCUT2D eigenvalue weighted by atomic mass is 14.2. The molecule has 1 aliphatic carbocycles. The molecule has 0 heteroatoms. The molecular weight excluding hydrogens is 372 g/mol. The summed E-state index contributed by atoms with van der Waals surface area (Å²) in [6.45, 7) is 0. The van der Waals surface area contributed by atoms with Gasteiger partial charge in [-0.05, 0) is 49.4 Å². The van der Waals surface area contributed by atoms with E-state index in [1.165, 1.54) is 49.4 Å². The fourth-order valence-electron chi connectivity index (χ4n) is 4.99. The molecule has 146 valence electrons. The fourth-order valence-corrected chi connectivity index (χ4v) is 4.99. The molecule has 0 amide bonds. The van der Waals surface area contributed by atoms with Gasteiger partial charge in [-0.25, -0.2) is 0 Å². The van der Waals surface area contributed by atoms with Crippen molar-refractivity contribution in [2.24, 2.45) is 0 Å². The van der Waals surface area contributed by atoms with Crippen LogP contribution in [0.3, 0.4) is 0 Å². The molecule has 31 heavy (non-hydrogen) atoms. The van der Waals surface area contributed by atoms with Crippen LogP contribution in [0.1, 0.15) is 11.5 Å². The minimum atomic E-state index is 0.302. The third-order valence-corrected chi connectivity index (χ3v) is 6.31. The van der Waals surface area contributed by atoms with Gasteiger partial charge in [0, 0.05) is 5.92 Å². The predicted molar refractivity (Wildman–Crippen MR) is 133 cm³/mol. The Balaban J connectivity index is 1.86. The Morgan fingerprint density at radius 3 is 1.58 bits per heavy atom. The lowest BCUT2D eigenvalue weighted by Crippen LogP contribution is -1.97. The van der Waals surface area contributed by atoms with Gasteiger partial charge < -0.3 is 0 Å². The number of hydrogen-bond acceptors (Lipinski definition) is 0. The minimum Gasteiger partial charge on any atom is -0.0732 e. The average Bonchev–Trinajstić information content (AvgIpc) is 3.38. The second-order valence-corrected chi connectivity index (χ2v) is 8.09. The monoisotopic (exact) mass is 394 g/mol. The molecule has 5 aromatic carbocycles. The van der Waals surface area contributed by atoms with Crippen LogP contribution < -0.4 is 0 Å². The molecule has 0 aliphatic heterocycles. The van der Waals surface area contributed by atoms with E-state index in [1.54, 1.807) is 0 Å². The summed E-state index contributed by atoms with van der Waals surface area (Å²) in [6, 6.07) is 37.3. The molecule has 0 nitrogen and oxygen atoms in total. The number of benzene rings is 5. The zero-order valence-electron chi connectivity index (χ0n) is 17.2. The van der Waals surface area contributed by atoms with Gasteiger partial charge in [0.2, 0.25) is 0 Å². The Hall–Kier alpha value is -3.90. The third-order valence-electron chi connectivity index (χ3n) is 6.31. The van der Waals surface area contributed by atoms with Crippen LogP contribution in [0.15, 0.2) is 127 Å². The molecule has 6 rings (SSSR count). The molecule has 0 saturated heterocycles. The van der Waals surface area contributed by atoms with Gasteiger partial charge in [0.05, 0.1) is 0 Å². The molecule has 0 N–H and O–H groups in total. The van der Waals surface area contributed by atoms with Gasteiger partial charge in [0.25, 0.3) is 0 Å². The minimum absolute atomic E-state index is 0.302. The number of rotatable bonds is 3. The van der Waals surface area contributed by atoms with Gasteiger partial charge in [0.1, 0.15) is 0 Å². The number of fused-ring (bicyclic) bond motifs is 2. The first-order valence-corrected chi connectivity index (χ1v) is 10.8. The van der Waals surface area contributed by atoms with Crippen LogP contribution in [0.4, 0.5) is 0 Å². The molecule has 1 aliphatic rings. The van der Waals surface area contributed by atoms with Crippen molar-refractivity contribution in [1.29, 1.82) is 0 Å². The summed E-state index contributed by atoms with van der Waals surface area (Å²) in [4.78, 5) is 0. The van der Waals surface area contributed by atoms with Gasteiger partial charge in [-0.3, -0.25) is 0 Å². The maximum atomic E-state index is 2.29. The largest absolute Gasteiger partial charge is 0.0732 e. The number of hydrogen-bond donors (Lipinski definition) is 0. The van der Waals surface area contributed by atoms with E-state index in [0.29, 0.717) is 5.92 Å². The van der Waals surface area contributed by atoms with E-state index in [2.05, 4.69) is 127 Å². The van der Waals surface area contributed by atoms with E-state index < -0.39 is 0 Å². The van der Waals surface area contributed by atoms with Crippen molar-refractivity contribution in [3.05, 3.63) is 133 Å². The lowest BCUT2D eigenvalue weighted by molar-refractivity contribution is 1.12. The first kappa shape index (κ1) is 17.9. The van der Waals surface area contributed by atoms with E-state index >= 15 is 0 Å². The first-order valence-electron chi connectivity index (χ1n) is 10.8. The number of allylic oxidation sites excluding steroid dienone is 4. The van der Waals surface area contributed by atoms with Gasteiger partial charge >= 0.3 is 0 Å². The van der Waals surface area contributed by atoms with E-state index in [4.69, 9.17) is 0 Å². The Kier molecular flexibility index (Phi) is 4.28. The van der Waals surface area contributed by atoms with Crippen molar-refractivity contribution in [1.82, 2.24) is 0 Å². The lowest BCUT2D eigenvalue weighted by atomic mass is 9.82. The molecule has 0 atom stereocenters.